The molecule has 2 aromatic carbocycles. The standard InChI is InChI=1S/C20H19NO3S/c1-2-21(13-14-7-8-16-17(11-14)24-10-9-23-16)20(22)19-12-15-5-3-4-6-18(15)25-19/h3-8,11-12H,2,9-10,13H2,1H3. The van der Waals surface area contributed by atoms with Crippen molar-refractivity contribution in [3.05, 3.63) is 59.0 Å². The minimum atomic E-state index is 0.0681. The fraction of sp³-hybridized carbons (Fsp3) is 0.250. The first kappa shape index (κ1) is 16.0. The zero-order chi connectivity index (χ0) is 17.2. The highest BCUT2D eigenvalue weighted by Gasteiger charge is 2.19. The van der Waals surface area contributed by atoms with Gasteiger partial charge in [-0.1, -0.05) is 24.3 Å². The van der Waals surface area contributed by atoms with Crippen LogP contribution in [0.25, 0.3) is 10.1 Å². The number of amides is 1. The summed E-state index contributed by atoms with van der Waals surface area (Å²) in [5.41, 5.74) is 1.04. The number of carbonyl (C=O) groups is 1. The Kier molecular flexibility index (Phi) is 4.32. The first-order valence-corrected chi connectivity index (χ1v) is 9.22. The predicted molar refractivity (Wildman–Crippen MR) is 99.7 cm³/mol. The van der Waals surface area contributed by atoms with Crippen molar-refractivity contribution in [3.8, 4) is 11.5 Å². The van der Waals surface area contributed by atoms with E-state index >= 15 is 0 Å². The number of rotatable bonds is 4. The molecule has 0 saturated heterocycles. The molecular weight excluding hydrogens is 334 g/mol. The van der Waals surface area contributed by atoms with Crippen molar-refractivity contribution in [2.45, 2.75) is 13.5 Å². The van der Waals surface area contributed by atoms with Crippen LogP contribution in [0.1, 0.15) is 22.2 Å². The first-order valence-electron chi connectivity index (χ1n) is 8.41. The summed E-state index contributed by atoms with van der Waals surface area (Å²) in [5, 5.41) is 1.12. The van der Waals surface area contributed by atoms with Gasteiger partial charge < -0.3 is 14.4 Å². The van der Waals surface area contributed by atoms with E-state index in [0.29, 0.717) is 26.3 Å². The van der Waals surface area contributed by atoms with Crippen molar-refractivity contribution < 1.29 is 14.3 Å². The average molecular weight is 353 g/mol. The van der Waals surface area contributed by atoms with Crippen molar-refractivity contribution in [2.24, 2.45) is 0 Å². The highest BCUT2D eigenvalue weighted by Crippen LogP contribution is 2.32. The maximum absolute atomic E-state index is 12.9. The molecule has 0 aliphatic carbocycles. The van der Waals surface area contributed by atoms with Crippen molar-refractivity contribution in [2.75, 3.05) is 19.8 Å². The number of carbonyl (C=O) groups excluding carboxylic acids is 1. The Morgan fingerprint density at radius 1 is 1.08 bits per heavy atom. The molecule has 1 aliphatic heterocycles. The molecule has 3 aromatic rings. The lowest BCUT2D eigenvalue weighted by Gasteiger charge is -2.22. The summed E-state index contributed by atoms with van der Waals surface area (Å²) in [4.78, 5) is 15.6. The summed E-state index contributed by atoms with van der Waals surface area (Å²) in [5.74, 6) is 1.60. The van der Waals surface area contributed by atoms with Crippen molar-refractivity contribution in [1.82, 2.24) is 4.90 Å². The fourth-order valence-electron chi connectivity index (χ4n) is 2.98. The molecule has 128 valence electrons. The molecule has 0 N–H and O–H groups in total. The quantitative estimate of drug-likeness (QED) is 0.700. The molecule has 2 heterocycles. The highest BCUT2D eigenvalue weighted by molar-refractivity contribution is 7.20. The van der Waals surface area contributed by atoms with Crippen molar-refractivity contribution in [1.29, 1.82) is 0 Å². The van der Waals surface area contributed by atoms with E-state index in [9.17, 15) is 4.79 Å². The number of nitrogens with zero attached hydrogens (tertiary/aromatic N) is 1. The Balaban J connectivity index is 1.56. The van der Waals surface area contributed by atoms with Gasteiger partial charge in [-0.25, -0.2) is 0 Å². The van der Waals surface area contributed by atoms with Crippen LogP contribution in [0.15, 0.2) is 48.5 Å². The van der Waals surface area contributed by atoms with Gasteiger partial charge in [0.25, 0.3) is 5.91 Å². The number of benzene rings is 2. The van der Waals surface area contributed by atoms with Gasteiger partial charge in [0.05, 0.1) is 4.88 Å². The van der Waals surface area contributed by atoms with Gasteiger partial charge in [0.2, 0.25) is 0 Å². The highest BCUT2D eigenvalue weighted by atomic mass is 32.1. The minimum absolute atomic E-state index is 0.0681. The fourth-order valence-corrected chi connectivity index (χ4v) is 4.01. The van der Waals surface area contributed by atoms with Gasteiger partial charge in [0.15, 0.2) is 11.5 Å². The van der Waals surface area contributed by atoms with Crippen LogP contribution in [0.4, 0.5) is 0 Å². The summed E-state index contributed by atoms with van der Waals surface area (Å²) in [6, 6.07) is 15.9. The van der Waals surface area contributed by atoms with Crippen molar-refractivity contribution in [3.63, 3.8) is 0 Å². The Labute approximate surface area is 150 Å². The van der Waals surface area contributed by atoms with Gasteiger partial charge in [-0.15, -0.1) is 11.3 Å². The van der Waals surface area contributed by atoms with Crippen LogP contribution in [0, 0.1) is 0 Å². The van der Waals surface area contributed by atoms with E-state index in [2.05, 4.69) is 0 Å². The van der Waals surface area contributed by atoms with Gasteiger partial charge in [-0.05, 0) is 42.1 Å². The molecule has 5 heteroatoms. The monoisotopic (exact) mass is 353 g/mol. The SMILES string of the molecule is CCN(Cc1ccc2c(c1)OCCO2)C(=O)c1cc2ccccc2s1. The third-order valence-corrected chi connectivity index (χ3v) is 5.39. The first-order chi connectivity index (χ1) is 12.2. The zero-order valence-corrected chi connectivity index (χ0v) is 14.8. The van der Waals surface area contributed by atoms with Gasteiger partial charge in [-0.3, -0.25) is 4.79 Å². The smallest absolute Gasteiger partial charge is 0.264 e. The Bertz CT molecular complexity index is 885. The number of hydrogen-bond acceptors (Lipinski definition) is 4. The number of hydrogen-bond donors (Lipinski definition) is 0. The second kappa shape index (κ2) is 6.76. The van der Waals surface area contributed by atoms with E-state index in [4.69, 9.17) is 9.47 Å². The van der Waals surface area contributed by atoms with Gasteiger partial charge in [0, 0.05) is 17.8 Å². The van der Waals surface area contributed by atoms with Crippen molar-refractivity contribution >= 4 is 27.3 Å². The molecule has 25 heavy (non-hydrogen) atoms. The summed E-state index contributed by atoms with van der Waals surface area (Å²) >= 11 is 1.55. The molecule has 0 bridgehead atoms. The van der Waals surface area contributed by atoms with E-state index in [1.807, 2.05) is 60.4 Å². The zero-order valence-electron chi connectivity index (χ0n) is 14.0. The second-order valence-electron chi connectivity index (χ2n) is 5.95. The number of ether oxygens (including phenoxy) is 2. The van der Waals surface area contributed by atoms with E-state index < -0.39 is 0 Å². The average Bonchev–Trinajstić information content (AvgIpc) is 3.09. The Hall–Kier alpha value is -2.53. The third-order valence-electron chi connectivity index (χ3n) is 4.29. The van der Waals surface area contributed by atoms with E-state index in [-0.39, 0.29) is 5.91 Å². The van der Waals surface area contributed by atoms with Crippen LogP contribution in [-0.2, 0) is 6.54 Å². The number of thiophene rings is 1. The molecule has 0 unspecified atom stereocenters. The Morgan fingerprint density at radius 3 is 2.68 bits per heavy atom. The predicted octanol–water partition coefficient (Wildman–Crippen LogP) is 4.33. The molecule has 0 spiro atoms. The van der Waals surface area contributed by atoms with Crippen LogP contribution in [0.3, 0.4) is 0 Å². The molecule has 0 saturated carbocycles. The molecule has 1 aliphatic rings. The largest absolute Gasteiger partial charge is 0.486 e. The summed E-state index contributed by atoms with van der Waals surface area (Å²) in [6.45, 7) is 4.36. The summed E-state index contributed by atoms with van der Waals surface area (Å²) in [6.07, 6.45) is 0. The lowest BCUT2D eigenvalue weighted by Crippen LogP contribution is -2.29. The van der Waals surface area contributed by atoms with Crippen LogP contribution in [-0.4, -0.2) is 30.6 Å². The van der Waals surface area contributed by atoms with Crippen LogP contribution >= 0.6 is 11.3 Å². The van der Waals surface area contributed by atoms with Crippen LogP contribution < -0.4 is 9.47 Å². The molecule has 4 rings (SSSR count). The van der Waals surface area contributed by atoms with E-state index in [1.54, 1.807) is 11.3 Å². The van der Waals surface area contributed by atoms with Gasteiger partial charge in [-0.2, -0.15) is 0 Å². The molecule has 4 nitrogen and oxygen atoms in total. The topological polar surface area (TPSA) is 38.8 Å². The normalized spacial score (nSPS) is 13.0. The summed E-state index contributed by atoms with van der Waals surface area (Å²) in [7, 11) is 0. The lowest BCUT2D eigenvalue weighted by atomic mass is 10.1. The number of fused-ring (bicyclic) bond motifs is 2. The van der Waals surface area contributed by atoms with E-state index in [0.717, 1.165) is 32.0 Å². The third kappa shape index (κ3) is 3.20. The summed E-state index contributed by atoms with van der Waals surface area (Å²) < 4.78 is 12.3. The van der Waals surface area contributed by atoms with Gasteiger partial charge >= 0.3 is 0 Å². The molecule has 0 radical (unpaired) electrons. The van der Waals surface area contributed by atoms with Crippen LogP contribution in [0.2, 0.25) is 0 Å². The van der Waals surface area contributed by atoms with Crippen LogP contribution in [0.5, 0.6) is 11.5 Å². The maximum atomic E-state index is 12.9. The molecule has 0 fully saturated rings. The molecule has 1 amide bonds. The molecular formula is C20H19NO3S. The second-order valence-corrected chi connectivity index (χ2v) is 7.03. The van der Waals surface area contributed by atoms with E-state index in [1.165, 1.54) is 0 Å². The lowest BCUT2D eigenvalue weighted by molar-refractivity contribution is 0.0757. The Morgan fingerprint density at radius 2 is 1.88 bits per heavy atom. The minimum Gasteiger partial charge on any atom is -0.486 e. The molecule has 0 atom stereocenters. The molecule has 1 aromatic heterocycles. The maximum Gasteiger partial charge on any atom is 0.264 e. The van der Waals surface area contributed by atoms with Gasteiger partial charge in [0.1, 0.15) is 13.2 Å².